The number of halogens is 4. The summed E-state index contributed by atoms with van der Waals surface area (Å²) in [6.45, 7) is 1.17. The van der Waals surface area contributed by atoms with E-state index < -0.39 is 46.5 Å². The number of ether oxygens (including phenoxy) is 1. The van der Waals surface area contributed by atoms with Crippen LogP contribution >= 0.6 is 0 Å². The van der Waals surface area contributed by atoms with Crippen molar-refractivity contribution >= 4 is 23.3 Å². The van der Waals surface area contributed by atoms with Crippen molar-refractivity contribution in [2.24, 2.45) is 10.7 Å². The normalized spacial score (nSPS) is 12.2. The van der Waals surface area contributed by atoms with Gasteiger partial charge < -0.3 is 15.6 Å². The van der Waals surface area contributed by atoms with Crippen LogP contribution in [0.25, 0.3) is 5.76 Å². The monoisotopic (exact) mass is 396 g/mol. The average Bonchev–Trinajstić information content (AvgIpc) is 2.57. The summed E-state index contributed by atoms with van der Waals surface area (Å²) >= 11 is 0. The molecular formula is C19H16F4N2O3. The summed E-state index contributed by atoms with van der Waals surface area (Å²) in [6, 6.07) is 4.46. The number of nitrogens with two attached hydrogens (primary N) is 1. The summed E-state index contributed by atoms with van der Waals surface area (Å²) in [5.41, 5.74) is 4.71. The number of carbonyl (C=O) groups excluding carboxylic acids is 1. The van der Waals surface area contributed by atoms with Gasteiger partial charge in [-0.3, -0.25) is 4.79 Å². The van der Waals surface area contributed by atoms with Gasteiger partial charge in [0.15, 0.2) is 11.6 Å². The highest BCUT2D eigenvalue weighted by Gasteiger charge is 2.13. The van der Waals surface area contributed by atoms with Crippen molar-refractivity contribution < 1.29 is 32.2 Å². The van der Waals surface area contributed by atoms with Gasteiger partial charge in [-0.2, -0.15) is 0 Å². The lowest BCUT2D eigenvalue weighted by molar-refractivity contribution is -0.140. The van der Waals surface area contributed by atoms with Gasteiger partial charge in [0.2, 0.25) is 0 Å². The summed E-state index contributed by atoms with van der Waals surface area (Å²) in [7, 11) is 0. The molecule has 0 heterocycles. The van der Waals surface area contributed by atoms with Crippen molar-refractivity contribution in [3.05, 3.63) is 70.8 Å². The molecule has 0 atom stereocenters. The molecule has 2 aromatic rings. The van der Waals surface area contributed by atoms with Gasteiger partial charge in [0.05, 0.1) is 12.2 Å². The smallest absolute Gasteiger partial charge is 0.302 e. The maximum Gasteiger partial charge on any atom is 0.302 e. The van der Waals surface area contributed by atoms with Gasteiger partial charge in [0, 0.05) is 25.5 Å². The predicted molar refractivity (Wildman–Crippen MR) is 94.9 cm³/mol. The van der Waals surface area contributed by atoms with Gasteiger partial charge in [0.25, 0.3) is 0 Å². The molecule has 0 aliphatic carbocycles. The standard InChI is InChI=1S/C19H16F4N2O3/c1-10(26)28-5-4-11-6-15(22)19(16(23)7-11)25-18(24)9-17(27)13-3-2-12(20)8-14(13)21/h2-3,6-9,27H,4-5H2,1H3,(H2,24,25)/b17-9-. The highest BCUT2D eigenvalue weighted by Crippen LogP contribution is 2.25. The Hall–Kier alpha value is -3.36. The zero-order chi connectivity index (χ0) is 20.8. The quantitative estimate of drug-likeness (QED) is 0.255. The van der Waals surface area contributed by atoms with Gasteiger partial charge in [-0.1, -0.05) is 0 Å². The number of hydrogen-bond donors (Lipinski definition) is 2. The number of hydrogen-bond acceptors (Lipinski definition) is 4. The third kappa shape index (κ3) is 5.57. The van der Waals surface area contributed by atoms with E-state index in [-0.39, 0.29) is 24.2 Å². The molecule has 0 aliphatic heterocycles. The molecule has 0 saturated carbocycles. The van der Waals surface area contributed by atoms with E-state index in [1.165, 1.54) is 6.92 Å². The number of amidine groups is 1. The third-order valence-corrected chi connectivity index (χ3v) is 3.51. The molecule has 5 nitrogen and oxygen atoms in total. The number of carbonyl (C=O) groups is 1. The molecule has 0 unspecified atom stereocenters. The van der Waals surface area contributed by atoms with Crippen molar-refractivity contribution in [2.75, 3.05) is 6.61 Å². The summed E-state index contributed by atoms with van der Waals surface area (Å²) in [6.07, 6.45) is 0.876. The maximum atomic E-state index is 14.1. The zero-order valence-electron chi connectivity index (χ0n) is 14.7. The van der Waals surface area contributed by atoms with Crippen LogP contribution in [0, 0.1) is 23.3 Å². The van der Waals surface area contributed by atoms with E-state index in [0.29, 0.717) is 6.07 Å². The maximum absolute atomic E-state index is 14.1. The molecule has 0 fully saturated rings. The molecule has 0 aliphatic rings. The van der Waals surface area contributed by atoms with E-state index in [0.717, 1.165) is 30.3 Å². The van der Waals surface area contributed by atoms with Gasteiger partial charge >= 0.3 is 5.97 Å². The van der Waals surface area contributed by atoms with E-state index in [4.69, 9.17) is 10.5 Å². The molecule has 0 bridgehead atoms. The summed E-state index contributed by atoms with van der Waals surface area (Å²) in [5.74, 6) is -5.66. The van der Waals surface area contributed by atoms with E-state index in [1.54, 1.807) is 0 Å². The van der Waals surface area contributed by atoms with Crippen molar-refractivity contribution in [1.29, 1.82) is 0 Å². The first-order valence-electron chi connectivity index (χ1n) is 7.99. The van der Waals surface area contributed by atoms with Crippen LogP contribution < -0.4 is 5.73 Å². The number of aliphatic hydroxyl groups excluding tert-OH is 1. The molecule has 0 spiro atoms. The van der Waals surface area contributed by atoms with Gasteiger partial charge in [-0.25, -0.2) is 22.6 Å². The lowest BCUT2D eigenvalue weighted by atomic mass is 10.1. The number of rotatable bonds is 6. The number of nitrogens with zero attached hydrogens (tertiary/aromatic N) is 1. The first kappa shape index (κ1) is 20.9. The number of aliphatic imine (C=N–C) groups is 1. The van der Waals surface area contributed by atoms with Gasteiger partial charge in [-0.05, 0) is 29.8 Å². The first-order valence-corrected chi connectivity index (χ1v) is 7.99. The van der Waals surface area contributed by atoms with Crippen LogP contribution in [0.2, 0.25) is 0 Å². The average molecular weight is 396 g/mol. The van der Waals surface area contributed by atoms with Crippen LogP contribution in [0.3, 0.4) is 0 Å². The van der Waals surface area contributed by atoms with Crippen LogP contribution in [0.4, 0.5) is 23.2 Å². The van der Waals surface area contributed by atoms with Crippen molar-refractivity contribution in [1.82, 2.24) is 0 Å². The highest BCUT2D eigenvalue weighted by atomic mass is 19.1. The Morgan fingerprint density at radius 2 is 1.79 bits per heavy atom. The molecule has 0 radical (unpaired) electrons. The highest BCUT2D eigenvalue weighted by molar-refractivity contribution is 5.98. The van der Waals surface area contributed by atoms with Crippen LogP contribution in [0.15, 0.2) is 41.4 Å². The lowest BCUT2D eigenvalue weighted by Crippen LogP contribution is -2.09. The molecule has 2 aromatic carbocycles. The predicted octanol–water partition coefficient (Wildman–Crippen LogP) is 3.94. The fourth-order valence-electron chi connectivity index (χ4n) is 2.26. The van der Waals surface area contributed by atoms with Crippen LogP contribution in [0.5, 0.6) is 0 Å². The second-order valence-corrected chi connectivity index (χ2v) is 5.69. The van der Waals surface area contributed by atoms with Crippen LogP contribution in [-0.4, -0.2) is 23.5 Å². The fourth-order valence-corrected chi connectivity index (χ4v) is 2.26. The minimum atomic E-state index is -1.05. The molecule has 0 saturated heterocycles. The topological polar surface area (TPSA) is 84.9 Å². The first-order chi connectivity index (χ1) is 13.2. The minimum Gasteiger partial charge on any atom is -0.507 e. The zero-order valence-corrected chi connectivity index (χ0v) is 14.7. The summed E-state index contributed by atoms with van der Waals surface area (Å²) in [5, 5.41) is 9.87. The molecule has 0 amide bonds. The van der Waals surface area contributed by atoms with Crippen molar-refractivity contribution in [2.45, 2.75) is 13.3 Å². The molecule has 28 heavy (non-hydrogen) atoms. The second kappa shape index (κ2) is 9.03. The Kier molecular flexibility index (Phi) is 6.75. The third-order valence-electron chi connectivity index (χ3n) is 3.51. The summed E-state index contributed by atoms with van der Waals surface area (Å²) < 4.78 is 59.5. The van der Waals surface area contributed by atoms with Crippen LogP contribution in [0.1, 0.15) is 18.1 Å². The largest absolute Gasteiger partial charge is 0.507 e. The van der Waals surface area contributed by atoms with E-state index >= 15 is 0 Å². The Balaban J connectivity index is 2.24. The molecule has 148 valence electrons. The molecule has 0 aromatic heterocycles. The fraction of sp³-hybridized carbons (Fsp3) is 0.158. The molecule has 9 heteroatoms. The Labute approximate surface area is 157 Å². The van der Waals surface area contributed by atoms with E-state index in [2.05, 4.69) is 4.99 Å². The minimum absolute atomic E-state index is 0.0428. The molecular weight excluding hydrogens is 380 g/mol. The van der Waals surface area contributed by atoms with Gasteiger partial charge in [0.1, 0.15) is 28.9 Å². The van der Waals surface area contributed by atoms with E-state index in [9.17, 15) is 27.5 Å². The Morgan fingerprint density at radius 3 is 2.36 bits per heavy atom. The second-order valence-electron chi connectivity index (χ2n) is 5.69. The molecule has 3 N–H and O–H groups in total. The Morgan fingerprint density at radius 1 is 1.14 bits per heavy atom. The van der Waals surface area contributed by atoms with Crippen LogP contribution in [-0.2, 0) is 16.0 Å². The number of esters is 1. The Bertz CT molecular complexity index is 935. The van der Waals surface area contributed by atoms with Crippen molar-refractivity contribution in [3.63, 3.8) is 0 Å². The SMILES string of the molecule is CC(=O)OCCc1cc(F)c(N=C(N)/C=C(\O)c2ccc(F)cc2F)c(F)c1. The lowest BCUT2D eigenvalue weighted by Gasteiger charge is -2.06. The summed E-state index contributed by atoms with van der Waals surface area (Å²) in [4.78, 5) is 14.2. The number of benzene rings is 2. The number of aliphatic hydroxyl groups is 1. The van der Waals surface area contributed by atoms with E-state index in [1.807, 2.05) is 0 Å². The van der Waals surface area contributed by atoms with Crippen molar-refractivity contribution in [3.8, 4) is 0 Å². The molecule has 2 rings (SSSR count). The van der Waals surface area contributed by atoms with Gasteiger partial charge in [-0.15, -0.1) is 0 Å².